The summed E-state index contributed by atoms with van der Waals surface area (Å²) in [5.41, 5.74) is 2.62. The minimum Gasteiger partial charge on any atom is -0.357 e. The number of likely N-dealkylation sites (N-methyl/N-ethyl adjacent to an activating group) is 1. The Balaban J connectivity index is 1.67. The van der Waals surface area contributed by atoms with Crippen molar-refractivity contribution >= 4 is 17.6 Å². The fraction of sp³-hybridized carbons (Fsp3) is 0.524. The summed E-state index contributed by atoms with van der Waals surface area (Å²) in [6.07, 6.45) is 6.31. The molecule has 3 rings (SSSR count). The third-order valence-electron chi connectivity index (χ3n) is 5.37. The number of aromatic nitrogens is 2. The average Bonchev–Trinajstić information content (AvgIpc) is 3.34. The number of nitrogens with zero attached hydrogens (tertiary/aromatic N) is 4. The first-order valence-corrected chi connectivity index (χ1v) is 10.2. The van der Waals surface area contributed by atoms with E-state index in [1.807, 2.05) is 30.1 Å². The van der Waals surface area contributed by atoms with Gasteiger partial charge >= 0.3 is 0 Å². The molecule has 2 aromatic rings. The first-order chi connectivity index (χ1) is 13.4. The van der Waals surface area contributed by atoms with Gasteiger partial charge in [0.1, 0.15) is 0 Å². The molecule has 2 N–H and O–H groups in total. The quantitative estimate of drug-likeness (QED) is 0.526. The summed E-state index contributed by atoms with van der Waals surface area (Å²) in [5.74, 6) is 0.853. The zero-order chi connectivity index (χ0) is 20.1. The molecule has 0 saturated heterocycles. The number of hydrogen-bond acceptors (Lipinski definition) is 3. The summed E-state index contributed by atoms with van der Waals surface area (Å²) in [5, 5.41) is 12.0. The van der Waals surface area contributed by atoms with Crippen molar-refractivity contribution in [3.05, 3.63) is 52.8 Å². The molecule has 0 amide bonds. The molecule has 1 fully saturated rings. The van der Waals surface area contributed by atoms with E-state index in [0.29, 0.717) is 0 Å². The standard InChI is InChI=1S/C21H31ClN6/c1-5-23-20(24-13-19(27(2)3)16-12-26-28(4)14-16)25-15-21(9-10-21)17-7-6-8-18(22)11-17/h6-8,11-12,14,19H,5,9-10,13,15H2,1-4H3,(H2,23,24,25). The van der Waals surface area contributed by atoms with Gasteiger partial charge in [-0.25, -0.2) is 0 Å². The number of halogens is 1. The normalized spacial score (nSPS) is 16.9. The molecule has 1 saturated carbocycles. The van der Waals surface area contributed by atoms with Gasteiger partial charge in [0.15, 0.2) is 5.96 Å². The molecule has 1 aliphatic carbocycles. The van der Waals surface area contributed by atoms with Gasteiger partial charge < -0.3 is 15.5 Å². The molecule has 28 heavy (non-hydrogen) atoms. The van der Waals surface area contributed by atoms with Gasteiger partial charge in [0.05, 0.1) is 18.8 Å². The first-order valence-electron chi connectivity index (χ1n) is 9.87. The Kier molecular flexibility index (Phi) is 6.62. The molecule has 1 aromatic heterocycles. The first kappa shape index (κ1) is 20.7. The lowest BCUT2D eigenvalue weighted by Crippen LogP contribution is -2.42. The molecule has 0 bridgehead atoms. The molecule has 1 unspecified atom stereocenters. The van der Waals surface area contributed by atoms with Crippen LogP contribution >= 0.6 is 11.6 Å². The minimum absolute atomic E-state index is 0.136. The second-order valence-corrected chi connectivity index (χ2v) is 8.23. The number of rotatable bonds is 8. The number of aliphatic imine (C=N–C) groups is 1. The molecule has 6 nitrogen and oxygen atoms in total. The van der Waals surface area contributed by atoms with Gasteiger partial charge in [-0.05, 0) is 51.6 Å². The van der Waals surface area contributed by atoms with Gasteiger partial charge in [0.25, 0.3) is 0 Å². The van der Waals surface area contributed by atoms with E-state index in [1.165, 1.54) is 11.1 Å². The van der Waals surface area contributed by atoms with Crippen LogP contribution in [-0.2, 0) is 12.5 Å². The van der Waals surface area contributed by atoms with Crippen molar-refractivity contribution in [1.82, 2.24) is 25.3 Å². The maximum atomic E-state index is 6.19. The van der Waals surface area contributed by atoms with Crippen molar-refractivity contribution in [2.75, 3.05) is 33.7 Å². The van der Waals surface area contributed by atoms with Gasteiger partial charge in [0.2, 0.25) is 0 Å². The van der Waals surface area contributed by atoms with E-state index in [9.17, 15) is 0 Å². The lowest BCUT2D eigenvalue weighted by Gasteiger charge is -2.25. The molecule has 7 heteroatoms. The zero-order valence-electron chi connectivity index (χ0n) is 17.2. The van der Waals surface area contributed by atoms with Crippen LogP contribution in [-0.4, -0.2) is 54.4 Å². The molecule has 1 atom stereocenters. The van der Waals surface area contributed by atoms with Crippen LogP contribution in [0.4, 0.5) is 0 Å². The Morgan fingerprint density at radius 3 is 2.71 bits per heavy atom. The lowest BCUT2D eigenvalue weighted by atomic mass is 9.96. The van der Waals surface area contributed by atoms with E-state index in [0.717, 1.165) is 43.5 Å². The lowest BCUT2D eigenvalue weighted by molar-refractivity contribution is 0.298. The number of hydrogen-bond donors (Lipinski definition) is 2. The molecule has 152 valence electrons. The van der Waals surface area contributed by atoms with Crippen molar-refractivity contribution in [3.63, 3.8) is 0 Å². The van der Waals surface area contributed by atoms with Crippen molar-refractivity contribution in [1.29, 1.82) is 0 Å². The third-order valence-corrected chi connectivity index (χ3v) is 5.61. The molecular weight excluding hydrogens is 372 g/mol. The summed E-state index contributed by atoms with van der Waals surface area (Å²) in [6, 6.07) is 8.42. The second kappa shape index (κ2) is 8.97. The highest BCUT2D eigenvalue weighted by molar-refractivity contribution is 6.30. The number of nitrogens with one attached hydrogen (secondary N) is 2. The monoisotopic (exact) mass is 402 g/mol. The van der Waals surface area contributed by atoms with Crippen molar-refractivity contribution in [2.24, 2.45) is 12.0 Å². The highest BCUT2D eigenvalue weighted by Gasteiger charge is 2.44. The number of benzene rings is 1. The predicted octanol–water partition coefficient (Wildman–Crippen LogP) is 2.96. The fourth-order valence-electron chi connectivity index (χ4n) is 3.48. The van der Waals surface area contributed by atoms with E-state index in [2.05, 4.69) is 60.0 Å². The summed E-state index contributed by atoms with van der Waals surface area (Å²) in [7, 11) is 6.11. The second-order valence-electron chi connectivity index (χ2n) is 7.79. The van der Waals surface area contributed by atoms with Crippen molar-refractivity contribution < 1.29 is 0 Å². The van der Waals surface area contributed by atoms with Gasteiger partial charge in [-0.15, -0.1) is 0 Å². The summed E-state index contributed by atoms with van der Waals surface area (Å²) >= 11 is 6.19. The van der Waals surface area contributed by atoms with Crippen LogP contribution < -0.4 is 10.6 Å². The topological polar surface area (TPSA) is 57.5 Å². The highest BCUT2D eigenvalue weighted by atomic mass is 35.5. The van der Waals surface area contributed by atoms with Gasteiger partial charge in [-0.2, -0.15) is 5.10 Å². The van der Waals surface area contributed by atoms with Crippen molar-refractivity contribution in [2.45, 2.75) is 31.2 Å². The highest BCUT2D eigenvalue weighted by Crippen LogP contribution is 2.48. The Morgan fingerprint density at radius 1 is 1.36 bits per heavy atom. The molecule has 0 radical (unpaired) electrons. The molecule has 0 spiro atoms. The smallest absolute Gasteiger partial charge is 0.191 e. The zero-order valence-corrected chi connectivity index (χ0v) is 18.0. The van der Waals surface area contributed by atoms with E-state index < -0.39 is 0 Å². The molecule has 0 aliphatic heterocycles. The fourth-order valence-corrected chi connectivity index (χ4v) is 3.67. The van der Waals surface area contributed by atoms with Crippen LogP contribution in [0.15, 0.2) is 41.7 Å². The van der Waals surface area contributed by atoms with Gasteiger partial charge in [-0.3, -0.25) is 9.67 Å². The Bertz CT molecular complexity index is 809. The van der Waals surface area contributed by atoms with E-state index in [4.69, 9.17) is 16.6 Å². The summed E-state index contributed by atoms with van der Waals surface area (Å²) in [6.45, 7) is 4.44. The average molecular weight is 403 g/mol. The summed E-state index contributed by atoms with van der Waals surface area (Å²) in [4.78, 5) is 7.09. The molecular formula is C21H31ClN6. The van der Waals surface area contributed by atoms with Crippen LogP contribution in [0.25, 0.3) is 0 Å². The Labute approximate surface area is 173 Å². The number of aryl methyl sites for hydroxylation is 1. The van der Waals surface area contributed by atoms with Crippen LogP contribution in [0.1, 0.15) is 36.9 Å². The largest absolute Gasteiger partial charge is 0.357 e. The molecule has 1 aliphatic rings. The Hall–Kier alpha value is -2.05. The Morgan fingerprint density at radius 2 is 2.14 bits per heavy atom. The van der Waals surface area contributed by atoms with Crippen LogP contribution in [0.5, 0.6) is 0 Å². The van der Waals surface area contributed by atoms with E-state index >= 15 is 0 Å². The minimum atomic E-state index is 0.136. The van der Waals surface area contributed by atoms with Gasteiger partial charge in [0, 0.05) is 42.3 Å². The van der Waals surface area contributed by atoms with Crippen LogP contribution in [0.3, 0.4) is 0 Å². The maximum absolute atomic E-state index is 6.19. The maximum Gasteiger partial charge on any atom is 0.191 e. The van der Waals surface area contributed by atoms with E-state index in [1.54, 1.807) is 0 Å². The summed E-state index contributed by atoms with van der Waals surface area (Å²) < 4.78 is 1.84. The van der Waals surface area contributed by atoms with Crippen molar-refractivity contribution in [3.8, 4) is 0 Å². The number of guanidine groups is 1. The van der Waals surface area contributed by atoms with Crippen LogP contribution in [0, 0.1) is 0 Å². The molecule has 1 heterocycles. The molecule has 1 aromatic carbocycles. The third kappa shape index (κ3) is 5.06. The van der Waals surface area contributed by atoms with Crippen LogP contribution in [0.2, 0.25) is 5.02 Å². The predicted molar refractivity (Wildman–Crippen MR) is 116 cm³/mol. The van der Waals surface area contributed by atoms with Gasteiger partial charge in [-0.1, -0.05) is 23.7 Å². The SMILES string of the molecule is CCNC(=NCC1(c2cccc(Cl)c2)CC1)NCC(c1cnn(C)c1)N(C)C. The van der Waals surface area contributed by atoms with E-state index in [-0.39, 0.29) is 11.5 Å².